The average molecular weight is 381 g/mol. The van der Waals surface area contributed by atoms with Gasteiger partial charge in [-0.25, -0.2) is 0 Å². The highest BCUT2D eigenvalue weighted by Gasteiger charge is 2.41. The van der Waals surface area contributed by atoms with E-state index in [4.69, 9.17) is 0 Å². The normalized spacial score (nSPS) is 16.6. The van der Waals surface area contributed by atoms with Gasteiger partial charge in [0, 0.05) is 29.7 Å². The van der Waals surface area contributed by atoms with Crippen LogP contribution in [-0.4, -0.2) is 35.0 Å². The third-order valence-electron chi connectivity index (χ3n) is 3.64. The van der Waals surface area contributed by atoms with E-state index >= 15 is 0 Å². The van der Waals surface area contributed by atoms with E-state index in [1.807, 2.05) is 0 Å². The van der Waals surface area contributed by atoms with Gasteiger partial charge in [0.25, 0.3) is 11.6 Å². The molecular formula is C13H12BrF3N2O3. The minimum absolute atomic E-state index is 0.0203. The number of piperidine rings is 1. The Morgan fingerprint density at radius 1 is 1.32 bits per heavy atom. The Kier molecular flexibility index (Phi) is 4.74. The van der Waals surface area contributed by atoms with Crippen molar-refractivity contribution in [2.75, 3.05) is 13.1 Å². The summed E-state index contributed by atoms with van der Waals surface area (Å²) in [4.78, 5) is 23.7. The lowest BCUT2D eigenvalue weighted by atomic mass is 9.96. The number of hydrogen-bond donors (Lipinski definition) is 0. The van der Waals surface area contributed by atoms with Gasteiger partial charge in [-0.05, 0) is 34.8 Å². The van der Waals surface area contributed by atoms with Crippen molar-refractivity contribution in [3.05, 3.63) is 38.3 Å². The maximum atomic E-state index is 12.6. The first-order chi connectivity index (χ1) is 10.2. The lowest BCUT2D eigenvalue weighted by Gasteiger charge is -2.33. The molecule has 120 valence electrons. The third kappa shape index (κ3) is 3.57. The number of carbonyl (C=O) groups is 1. The molecule has 1 aromatic carbocycles. The van der Waals surface area contributed by atoms with Crippen LogP contribution in [0.1, 0.15) is 23.2 Å². The van der Waals surface area contributed by atoms with Crippen LogP contribution in [0.25, 0.3) is 0 Å². The van der Waals surface area contributed by atoms with Crippen molar-refractivity contribution >= 4 is 27.5 Å². The van der Waals surface area contributed by atoms with Gasteiger partial charge in [0.2, 0.25) is 0 Å². The Balaban J connectivity index is 2.09. The van der Waals surface area contributed by atoms with E-state index in [-0.39, 0.29) is 41.7 Å². The monoisotopic (exact) mass is 380 g/mol. The van der Waals surface area contributed by atoms with Crippen LogP contribution in [0.15, 0.2) is 22.7 Å². The van der Waals surface area contributed by atoms with Crippen molar-refractivity contribution in [2.24, 2.45) is 5.92 Å². The summed E-state index contributed by atoms with van der Waals surface area (Å²) in [5.74, 6) is -1.81. The standard InChI is InChI=1S/C13H12BrF3N2O3/c14-11-7-9(19(21)22)1-2-10(11)12(20)18-5-3-8(4-6-18)13(15,16)17/h1-2,7-8H,3-6H2. The molecule has 0 aliphatic carbocycles. The van der Waals surface area contributed by atoms with Gasteiger partial charge in [0.1, 0.15) is 0 Å². The Labute approximate surface area is 132 Å². The Hall–Kier alpha value is -1.64. The van der Waals surface area contributed by atoms with Crippen LogP contribution in [0.3, 0.4) is 0 Å². The molecular weight excluding hydrogens is 369 g/mol. The number of alkyl halides is 3. The minimum atomic E-state index is -4.23. The zero-order valence-electron chi connectivity index (χ0n) is 11.3. The molecule has 0 bridgehead atoms. The first-order valence-corrected chi connectivity index (χ1v) is 7.29. The van der Waals surface area contributed by atoms with Gasteiger partial charge in [-0.15, -0.1) is 0 Å². The van der Waals surface area contributed by atoms with Crippen LogP contribution >= 0.6 is 15.9 Å². The number of halogens is 4. The third-order valence-corrected chi connectivity index (χ3v) is 4.30. The van der Waals surface area contributed by atoms with Gasteiger partial charge >= 0.3 is 6.18 Å². The number of amides is 1. The molecule has 1 aliphatic heterocycles. The number of non-ortho nitro benzene ring substituents is 1. The molecule has 22 heavy (non-hydrogen) atoms. The summed E-state index contributed by atoms with van der Waals surface area (Å²) in [5, 5.41) is 10.6. The molecule has 1 aromatic rings. The lowest BCUT2D eigenvalue weighted by Crippen LogP contribution is -2.42. The highest BCUT2D eigenvalue weighted by atomic mass is 79.9. The molecule has 1 saturated heterocycles. The molecule has 5 nitrogen and oxygen atoms in total. The summed E-state index contributed by atoms with van der Waals surface area (Å²) in [6.45, 7) is 0.0406. The number of rotatable bonds is 2. The smallest absolute Gasteiger partial charge is 0.339 e. The summed E-state index contributed by atoms with van der Waals surface area (Å²) < 4.78 is 38.1. The lowest BCUT2D eigenvalue weighted by molar-refractivity contribution is -0.384. The van der Waals surface area contributed by atoms with Crippen LogP contribution in [0, 0.1) is 16.0 Å². The molecule has 0 unspecified atom stereocenters. The fourth-order valence-corrected chi connectivity index (χ4v) is 2.91. The summed E-state index contributed by atoms with van der Waals surface area (Å²) in [7, 11) is 0. The predicted octanol–water partition coefficient (Wildman–Crippen LogP) is 3.77. The molecule has 1 heterocycles. The largest absolute Gasteiger partial charge is 0.391 e. The zero-order valence-corrected chi connectivity index (χ0v) is 12.9. The highest BCUT2D eigenvalue weighted by Crippen LogP contribution is 2.35. The van der Waals surface area contributed by atoms with E-state index in [9.17, 15) is 28.1 Å². The van der Waals surface area contributed by atoms with Crippen molar-refractivity contribution in [1.82, 2.24) is 4.90 Å². The van der Waals surface area contributed by atoms with Crippen molar-refractivity contribution in [2.45, 2.75) is 19.0 Å². The number of nitro benzene ring substituents is 1. The predicted molar refractivity (Wildman–Crippen MR) is 75.5 cm³/mol. The van der Waals surface area contributed by atoms with E-state index in [0.29, 0.717) is 0 Å². The molecule has 0 spiro atoms. The van der Waals surface area contributed by atoms with Crippen LogP contribution < -0.4 is 0 Å². The van der Waals surface area contributed by atoms with Crippen LogP contribution in [0.5, 0.6) is 0 Å². The Morgan fingerprint density at radius 2 is 1.91 bits per heavy atom. The summed E-state index contributed by atoms with van der Waals surface area (Å²) in [5.41, 5.74) is 0.0373. The van der Waals surface area contributed by atoms with E-state index in [2.05, 4.69) is 15.9 Å². The van der Waals surface area contributed by atoms with Gasteiger partial charge < -0.3 is 4.90 Å². The second-order valence-corrected chi connectivity index (χ2v) is 5.88. The van der Waals surface area contributed by atoms with Crippen molar-refractivity contribution in [1.29, 1.82) is 0 Å². The number of benzene rings is 1. The molecule has 1 fully saturated rings. The van der Waals surface area contributed by atoms with Crippen LogP contribution in [0.4, 0.5) is 18.9 Å². The molecule has 0 radical (unpaired) electrons. The van der Waals surface area contributed by atoms with Crippen LogP contribution in [0.2, 0.25) is 0 Å². The quantitative estimate of drug-likeness (QED) is 0.579. The Bertz CT molecular complexity index is 599. The molecule has 0 N–H and O–H groups in total. The maximum Gasteiger partial charge on any atom is 0.391 e. The number of carbonyl (C=O) groups excluding carboxylic acids is 1. The molecule has 9 heteroatoms. The fraction of sp³-hybridized carbons (Fsp3) is 0.462. The second-order valence-electron chi connectivity index (χ2n) is 5.03. The number of hydrogen-bond acceptors (Lipinski definition) is 3. The zero-order chi connectivity index (χ0) is 16.5. The first kappa shape index (κ1) is 16.7. The topological polar surface area (TPSA) is 63.4 Å². The molecule has 2 rings (SSSR count). The number of nitro groups is 1. The van der Waals surface area contributed by atoms with E-state index < -0.39 is 22.9 Å². The SMILES string of the molecule is O=C(c1ccc([N+](=O)[O-])cc1Br)N1CCC(C(F)(F)F)CC1. The molecule has 1 amide bonds. The summed E-state index contributed by atoms with van der Waals surface area (Å²) in [6.07, 6.45) is -4.48. The Morgan fingerprint density at radius 3 is 2.36 bits per heavy atom. The summed E-state index contributed by atoms with van der Waals surface area (Å²) in [6, 6.07) is 3.70. The number of likely N-dealkylation sites (tertiary alicyclic amines) is 1. The molecule has 0 saturated carbocycles. The molecule has 0 atom stereocenters. The van der Waals surface area contributed by atoms with E-state index in [0.717, 1.165) is 0 Å². The van der Waals surface area contributed by atoms with Crippen molar-refractivity contribution < 1.29 is 22.9 Å². The number of nitrogens with zero attached hydrogens (tertiary/aromatic N) is 2. The average Bonchev–Trinajstić information content (AvgIpc) is 2.45. The summed E-state index contributed by atoms with van der Waals surface area (Å²) >= 11 is 3.09. The van der Waals surface area contributed by atoms with Crippen LogP contribution in [-0.2, 0) is 0 Å². The fourth-order valence-electron chi connectivity index (χ4n) is 2.37. The highest BCUT2D eigenvalue weighted by molar-refractivity contribution is 9.10. The first-order valence-electron chi connectivity index (χ1n) is 6.50. The molecule has 0 aromatic heterocycles. The molecule has 1 aliphatic rings. The van der Waals surface area contributed by atoms with Gasteiger partial charge in [-0.3, -0.25) is 14.9 Å². The van der Waals surface area contributed by atoms with Gasteiger partial charge in [0.15, 0.2) is 0 Å². The van der Waals surface area contributed by atoms with E-state index in [1.54, 1.807) is 0 Å². The minimum Gasteiger partial charge on any atom is -0.339 e. The van der Waals surface area contributed by atoms with Crippen molar-refractivity contribution in [3.8, 4) is 0 Å². The van der Waals surface area contributed by atoms with Crippen molar-refractivity contribution in [3.63, 3.8) is 0 Å². The van der Waals surface area contributed by atoms with E-state index in [1.165, 1.54) is 23.1 Å². The van der Waals surface area contributed by atoms with Gasteiger partial charge in [-0.1, -0.05) is 0 Å². The van der Waals surface area contributed by atoms with Gasteiger partial charge in [-0.2, -0.15) is 13.2 Å². The second kappa shape index (κ2) is 6.23. The van der Waals surface area contributed by atoms with Gasteiger partial charge in [0.05, 0.1) is 16.4 Å². The maximum absolute atomic E-state index is 12.6.